The summed E-state index contributed by atoms with van der Waals surface area (Å²) in [5, 5.41) is 0. The fourth-order valence-corrected chi connectivity index (χ4v) is 4.36. The van der Waals surface area contributed by atoms with Gasteiger partial charge in [-0.15, -0.1) is 0 Å². The quantitative estimate of drug-likeness (QED) is 0.625. The summed E-state index contributed by atoms with van der Waals surface area (Å²) in [6.45, 7) is 4.13. The van der Waals surface area contributed by atoms with E-state index in [1.807, 2.05) is 0 Å². The van der Waals surface area contributed by atoms with E-state index < -0.39 is 5.79 Å². The van der Waals surface area contributed by atoms with E-state index in [0.29, 0.717) is 12.8 Å². The molecule has 0 bridgehead atoms. The molecule has 4 aliphatic heterocycles. The Hall–Kier alpha value is -1.14. The summed E-state index contributed by atoms with van der Waals surface area (Å²) < 4.78 is 23.0. The molecule has 4 saturated heterocycles. The highest BCUT2D eigenvalue weighted by Crippen LogP contribution is 2.48. The molecule has 21 heavy (non-hydrogen) atoms. The summed E-state index contributed by atoms with van der Waals surface area (Å²) in [4.78, 5) is 23.0. The number of ether oxygens (including phenoxy) is 4. The lowest BCUT2D eigenvalue weighted by Crippen LogP contribution is -2.58. The van der Waals surface area contributed by atoms with Crippen molar-refractivity contribution in [1.82, 2.24) is 0 Å². The molecule has 6 nitrogen and oxygen atoms in total. The lowest BCUT2D eigenvalue weighted by Gasteiger charge is -2.50. The number of hydrogen-bond donors (Lipinski definition) is 0. The van der Waals surface area contributed by atoms with Crippen molar-refractivity contribution in [3.05, 3.63) is 0 Å². The first-order valence-electron chi connectivity index (χ1n) is 7.70. The van der Waals surface area contributed by atoms with E-state index in [9.17, 15) is 9.59 Å². The van der Waals surface area contributed by atoms with Crippen LogP contribution in [-0.2, 0) is 28.5 Å². The monoisotopic (exact) mass is 296 g/mol. The molecule has 1 spiro atoms. The molecule has 4 heterocycles. The van der Waals surface area contributed by atoms with Crippen LogP contribution < -0.4 is 0 Å². The van der Waals surface area contributed by atoms with Crippen LogP contribution in [0.25, 0.3) is 0 Å². The predicted octanol–water partition coefficient (Wildman–Crippen LogP) is 1.16. The molecule has 0 aromatic heterocycles. The van der Waals surface area contributed by atoms with Gasteiger partial charge < -0.3 is 18.9 Å². The fraction of sp³-hybridized carbons (Fsp3) is 0.867. The Morgan fingerprint density at radius 1 is 0.857 bits per heavy atom. The molecular formula is C15H20O6. The number of hydrogen-bond acceptors (Lipinski definition) is 6. The van der Waals surface area contributed by atoms with Crippen LogP contribution in [-0.4, -0.2) is 42.1 Å². The van der Waals surface area contributed by atoms with Gasteiger partial charge in [0.25, 0.3) is 0 Å². The summed E-state index contributed by atoms with van der Waals surface area (Å²) in [6.07, 6.45) is 1.15. The molecule has 0 aromatic rings. The molecule has 0 aliphatic carbocycles. The zero-order valence-corrected chi connectivity index (χ0v) is 12.2. The molecule has 0 aromatic carbocycles. The molecule has 4 unspecified atom stereocenters. The Morgan fingerprint density at radius 2 is 1.29 bits per heavy atom. The second kappa shape index (κ2) is 4.43. The largest absolute Gasteiger partial charge is 0.459 e. The molecule has 4 fully saturated rings. The second-order valence-electron chi connectivity index (χ2n) is 6.90. The Morgan fingerprint density at radius 3 is 1.71 bits per heavy atom. The van der Waals surface area contributed by atoms with E-state index >= 15 is 0 Å². The van der Waals surface area contributed by atoms with Crippen LogP contribution in [0.15, 0.2) is 0 Å². The fourth-order valence-electron chi connectivity index (χ4n) is 4.36. The minimum atomic E-state index is -0.705. The first kappa shape index (κ1) is 13.5. The van der Waals surface area contributed by atoms with Gasteiger partial charge >= 0.3 is 11.9 Å². The van der Waals surface area contributed by atoms with Gasteiger partial charge in [0.2, 0.25) is 0 Å². The highest BCUT2D eigenvalue weighted by atomic mass is 16.7. The summed E-state index contributed by atoms with van der Waals surface area (Å²) in [7, 11) is 0. The molecule has 0 N–H and O–H groups in total. The average molecular weight is 296 g/mol. The van der Waals surface area contributed by atoms with Gasteiger partial charge in [0.1, 0.15) is 24.4 Å². The van der Waals surface area contributed by atoms with Crippen molar-refractivity contribution in [1.29, 1.82) is 0 Å². The van der Waals surface area contributed by atoms with Crippen LogP contribution in [0.5, 0.6) is 0 Å². The van der Waals surface area contributed by atoms with Crippen molar-refractivity contribution in [3.63, 3.8) is 0 Å². The Labute approximate surface area is 123 Å². The van der Waals surface area contributed by atoms with Crippen LogP contribution in [0.4, 0.5) is 0 Å². The van der Waals surface area contributed by atoms with E-state index in [1.165, 1.54) is 0 Å². The second-order valence-corrected chi connectivity index (χ2v) is 6.90. The normalized spacial score (nSPS) is 52.3. The first-order valence-corrected chi connectivity index (χ1v) is 7.70. The highest BCUT2D eigenvalue weighted by Gasteiger charge is 2.58. The minimum absolute atomic E-state index is 0.166. The van der Waals surface area contributed by atoms with Gasteiger partial charge in [0.15, 0.2) is 5.79 Å². The third-order valence-corrected chi connectivity index (χ3v) is 5.12. The Balaban J connectivity index is 1.57. The third-order valence-electron chi connectivity index (χ3n) is 5.12. The average Bonchev–Trinajstić information content (AvgIpc) is 2.91. The number of esters is 2. The van der Waals surface area contributed by atoms with E-state index in [4.69, 9.17) is 18.9 Å². The zero-order valence-electron chi connectivity index (χ0n) is 12.2. The lowest BCUT2D eigenvalue weighted by atomic mass is 9.80. The van der Waals surface area contributed by atoms with Gasteiger partial charge in [-0.2, -0.15) is 0 Å². The molecular weight excluding hydrogens is 276 g/mol. The number of rotatable bonds is 0. The van der Waals surface area contributed by atoms with E-state index in [-0.39, 0.29) is 61.0 Å². The van der Waals surface area contributed by atoms with Crippen LogP contribution in [0.1, 0.15) is 39.5 Å². The Bertz CT molecular complexity index is 445. The molecule has 4 aliphatic rings. The maximum Gasteiger partial charge on any atom is 0.308 e. The van der Waals surface area contributed by atoms with Crippen molar-refractivity contribution in [2.24, 2.45) is 11.8 Å². The molecule has 0 saturated carbocycles. The smallest absolute Gasteiger partial charge is 0.308 e. The van der Waals surface area contributed by atoms with Gasteiger partial charge in [0.05, 0.1) is 12.8 Å². The van der Waals surface area contributed by atoms with Crippen molar-refractivity contribution in [2.45, 2.75) is 69.7 Å². The maximum atomic E-state index is 11.5. The third kappa shape index (κ3) is 2.07. The molecule has 116 valence electrons. The van der Waals surface area contributed by atoms with Gasteiger partial charge in [-0.25, -0.2) is 0 Å². The molecule has 6 heteroatoms. The zero-order chi connectivity index (χ0) is 14.8. The minimum Gasteiger partial charge on any atom is -0.459 e. The summed E-state index contributed by atoms with van der Waals surface area (Å²) in [6, 6.07) is 0. The van der Waals surface area contributed by atoms with Crippen LogP contribution in [0.3, 0.4) is 0 Å². The highest BCUT2D eigenvalue weighted by molar-refractivity contribution is 5.73. The van der Waals surface area contributed by atoms with Crippen molar-refractivity contribution in [2.75, 3.05) is 0 Å². The molecule has 4 rings (SSSR count). The number of fused-ring (bicyclic) bond motifs is 2. The Kier molecular flexibility index (Phi) is 2.85. The molecule has 0 amide bonds. The van der Waals surface area contributed by atoms with Crippen molar-refractivity contribution < 1.29 is 28.5 Å². The number of carbonyl (C=O) groups is 2. The van der Waals surface area contributed by atoms with E-state index in [1.54, 1.807) is 0 Å². The molecule has 0 radical (unpaired) electrons. The van der Waals surface area contributed by atoms with Gasteiger partial charge in [-0.05, 0) is 0 Å². The van der Waals surface area contributed by atoms with Gasteiger partial charge in [0, 0.05) is 24.7 Å². The van der Waals surface area contributed by atoms with Gasteiger partial charge in [-0.1, -0.05) is 13.8 Å². The lowest BCUT2D eigenvalue weighted by molar-refractivity contribution is -0.345. The van der Waals surface area contributed by atoms with E-state index in [2.05, 4.69) is 13.8 Å². The first-order chi connectivity index (χ1) is 9.96. The topological polar surface area (TPSA) is 71.1 Å². The molecule has 6 atom stereocenters. The maximum absolute atomic E-state index is 11.5. The van der Waals surface area contributed by atoms with Gasteiger partial charge in [-0.3, -0.25) is 9.59 Å². The summed E-state index contributed by atoms with van der Waals surface area (Å²) in [5.41, 5.74) is 0. The predicted molar refractivity (Wildman–Crippen MR) is 69.0 cm³/mol. The number of carbonyl (C=O) groups excluding carboxylic acids is 2. The van der Waals surface area contributed by atoms with Crippen LogP contribution in [0, 0.1) is 11.8 Å². The summed E-state index contributed by atoms with van der Waals surface area (Å²) >= 11 is 0. The van der Waals surface area contributed by atoms with Crippen molar-refractivity contribution in [3.8, 4) is 0 Å². The summed E-state index contributed by atoms with van der Waals surface area (Å²) in [5.74, 6) is -0.720. The SMILES string of the molecule is C[C@H]1CC2(C[C@H](C)C3OC(=O)CC3O2)OC2CC(=O)OC21. The van der Waals surface area contributed by atoms with E-state index in [0.717, 1.165) is 0 Å². The van der Waals surface area contributed by atoms with Crippen LogP contribution in [0.2, 0.25) is 0 Å². The van der Waals surface area contributed by atoms with Crippen LogP contribution >= 0.6 is 0 Å². The standard InChI is InChI=1S/C15H20O6/c1-7-5-15(20-9-3-11(16)18-13(7)9)6-8(2)14-10(21-15)4-12(17)19-14/h7-10,13-14H,3-6H2,1-2H3/t7-,8-,9?,10?,13?,14?,15?/m0/s1. The van der Waals surface area contributed by atoms with Crippen molar-refractivity contribution >= 4 is 11.9 Å².